The highest BCUT2D eigenvalue weighted by atomic mass is 16.5. The normalized spacial score (nSPS) is 10.9. The second kappa shape index (κ2) is 5.07. The van der Waals surface area contributed by atoms with Gasteiger partial charge in [0.05, 0.1) is 12.7 Å². The van der Waals surface area contributed by atoms with Crippen molar-refractivity contribution in [3.05, 3.63) is 35.9 Å². The van der Waals surface area contributed by atoms with Crippen LogP contribution in [0, 0.1) is 0 Å². The number of methoxy groups -OCH3 is 1. The first-order valence-corrected chi connectivity index (χ1v) is 4.23. The van der Waals surface area contributed by atoms with Gasteiger partial charge in [-0.25, -0.2) is 0 Å². The smallest absolute Gasteiger partial charge is 0.298 e. The molecule has 0 unspecified atom stereocenters. The van der Waals surface area contributed by atoms with E-state index in [0.29, 0.717) is 18.0 Å². The third kappa shape index (κ3) is 2.13. The number of hydrogen-bond acceptors (Lipinski definition) is 3. The number of para-hydroxylation sites is 1. The summed E-state index contributed by atoms with van der Waals surface area (Å²) in [5.74, 6) is 1.18. The number of carbonyl (C=O) groups excluding carboxylic acids is 1. The van der Waals surface area contributed by atoms with Gasteiger partial charge in [0.25, 0.3) is 6.47 Å². The van der Waals surface area contributed by atoms with Crippen LogP contribution in [0.5, 0.6) is 5.75 Å². The molecule has 0 aliphatic heterocycles. The van der Waals surface area contributed by atoms with Gasteiger partial charge in [-0.2, -0.15) is 0 Å². The van der Waals surface area contributed by atoms with E-state index in [1.54, 1.807) is 20.1 Å². The predicted octanol–water partition coefficient (Wildman–Crippen LogP) is 2.23. The highest BCUT2D eigenvalue weighted by molar-refractivity contribution is 5.69. The fraction of sp³-hybridized carbons (Fsp3) is 0.182. The number of carbonyl (C=O) groups is 1. The van der Waals surface area contributed by atoms with Crippen molar-refractivity contribution in [3.8, 4) is 5.75 Å². The Morgan fingerprint density at radius 1 is 1.36 bits per heavy atom. The van der Waals surface area contributed by atoms with Gasteiger partial charge >= 0.3 is 0 Å². The average Bonchev–Trinajstić information content (AvgIpc) is 2.26. The van der Waals surface area contributed by atoms with E-state index in [4.69, 9.17) is 9.47 Å². The van der Waals surface area contributed by atoms with E-state index in [1.807, 2.05) is 24.3 Å². The molecular formula is C11H12O3. The van der Waals surface area contributed by atoms with E-state index in [2.05, 4.69) is 0 Å². The Kier molecular flexibility index (Phi) is 3.73. The van der Waals surface area contributed by atoms with E-state index >= 15 is 0 Å². The van der Waals surface area contributed by atoms with Crippen LogP contribution < -0.4 is 4.74 Å². The molecule has 74 valence electrons. The fourth-order valence-electron chi connectivity index (χ4n) is 1.19. The van der Waals surface area contributed by atoms with Gasteiger partial charge in [0.1, 0.15) is 11.5 Å². The van der Waals surface area contributed by atoms with Crippen LogP contribution in [-0.2, 0) is 9.53 Å². The number of hydrogen-bond donors (Lipinski definition) is 0. The van der Waals surface area contributed by atoms with Crippen molar-refractivity contribution >= 4 is 12.2 Å². The first-order chi connectivity index (χ1) is 6.83. The SMILES string of the molecule is C/C=C(\OC=O)c1ccccc1OC. The van der Waals surface area contributed by atoms with Gasteiger partial charge in [-0.1, -0.05) is 12.1 Å². The van der Waals surface area contributed by atoms with Crippen molar-refractivity contribution in [3.63, 3.8) is 0 Å². The zero-order chi connectivity index (χ0) is 10.4. The van der Waals surface area contributed by atoms with Crippen LogP contribution >= 0.6 is 0 Å². The molecule has 3 nitrogen and oxygen atoms in total. The van der Waals surface area contributed by atoms with Crippen LogP contribution in [0.2, 0.25) is 0 Å². The number of allylic oxidation sites excluding steroid dienone is 1. The number of benzene rings is 1. The molecule has 0 saturated carbocycles. The van der Waals surface area contributed by atoms with Crippen LogP contribution in [0.25, 0.3) is 5.76 Å². The topological polar surface area (TPSA) is 35.5 Å². The van der Waals surface area contributed by atoms with Gasteiger partial charge in [0.2, 0.25) is 0 Å². The fourth-order valence-corrected chi connectivity index (χ4v) is 1.19. The molecule has 0 atom stereocenters. The average molecular weight is 192 g/mol. The minimum Gasteiger partial charge on any atom is -0.496 e. The summed E-state index contributed by atoms with van der Waals surface area (Å²) in [7, 11) is 1.58. The summed E-state index contributed by atoms with van der Waals surface area (Å²) in [4.78, 5) is 10.2. The molecule has 0 bridgehead atoms. The lowest BCUT2D eigenvalue weighted by Gasteiger charge is -2.08. The third-order valence-electron chi connectivity index (χ3n) is 1.81. The quantitative estimate of drug-likeness (QED) is 0.542. The minimum atomic E-state index is 0.405. The molecule has 1 aromatic rings. The lowest BCUT2D eigenvalue weighted by Crippen LogP contribution is -1.94. The summed E-state index contributed by atoms with van der Waals surface area (Å²) in [6.45, 7) is 2.20. The molecule has 0 N–H and O–H groups in total. The first kappa shape index (κ1) is 10.3. The number of rotatable bonds is 4. The number of ether oxygens (including phenoxy) is 2. The first-order valence-electron chi connectivity index (χ1n) is 4.23. The van der Waals surface area contributed by atoms with Crippen molar-refractivity contribution in [2.24, 2.45) is 0 Å². The summed E-state index contributed by atoms with van der Waals surface area (Å²) in [6, 6.07) is 7.36. The second-order valence-electron chi connectivity index (χ2n) is 2.57. The largest absolute Gasteiger partial charge is 0.496 e. The van der Waals surface area contributed by atoms with Gasteiger partial charge in [-0.05, 0) is 25.1 Å². The van der Waals surface area contributed by atoms with Crippen LogP contribution in [0.1, 0.15) is 12.5 Å². The summed E-state index contributed by atoms with van der Waals surface area (Å²) in [5, 5.41) is 0. The van der Waals surface area contributed by atoms with Crippen LogP contribution in [-0.4, -0.2) is 13.6 Å². The summed E-state index contributed by atoms with van der Waals surface area (Å²) in [5.41, 5.74) is 0.768. The molecule has 0 saturated heterocycles. The van der Waals surface area contributed by atoms with Gasteiger partial charge < -0.3 is 9.47 Å². The van der Waals surface area contributed by atoms with Crippen LogP contribution in [0.15, 0.2) is 30.3 Å². The lowest BCUT2D eigenvalue weighted by molar-refractivity contribution is -0.122. The minimum absolute atomic E-state index is 0.405. The molecule has 1 rings (SSSR count). The van der Waals surface area contributed by atoms with Crippen molar-refractivity contribution in [1.82, 2.24) is 0 Å². The van der Waals surface area contributed by atoms with E-state index in [1.165, 1.54) is 0 Å². The van der Waals surface area contributed by atoms with Gasteiger partial charge in [0, 0.05) is 0 Å². The Bertz CT molecular complexity index is 342. The maximum absolute atomic E-state index is 10.2. The van der Waals surface area contributed by atoms with Crippen molar-refractivity contribution in [2.45, 2.75) is 6.92 Å². The molecule has 0 aliphatic carbocycles. The van der Waals surface area contributed by atoms with Crippen LogP contribution in [0.3, 0.4) is 0 Å². The van der Waals surface area contributed by atoms with E-state index < -0.39 is 0 Å². The molecule has 1 aromatic carbocycles. The van der Waals surface area contributed by atoms with Gasteiger partial charge in [-0.3, -0.25) is 4.79 Å². The van der Waals surface area contributed by atoms with E-state index in [0.717, 1.165) is 5.56 Å². The highest BCUT2D eigenvalue weighted by Crippen LogP contribution is 2.25. The molecule has 3 heteroatoms. The van der Waals surface area contributed by atoms with Gasteiger partial charge in [-0.15, -0.1) is 0 Å². The third-order valence-corrected chi connectivity index (χ3v) is 1.81. The lowest BCUT2D eigenvalue weighted by atomic mass is 10.1. The van der Waals surface area contributed by atoms with E-state index in [-0.39, 0.29) is 0 Å². The summed E-state index contributed by atoms with van der Waals surface area (Å²) < 4.78 is 9.96. The maximum Gasteiger partial charge on any atom is 0.298 e. The summed E-state index contributed by atoms with van der Waals surface area (Å²) in [6.07, 6.45) is 1.71. The van der Waals surface area contributed by atoms with E-state index in [9.17, 15) is 4.79 Å². The molecule has 0 amide bonds. The molecular weight excluding hydrogens is 180 g/mol. The molecule has 0 heterocycles. The van der Waals surface area contributed by atoms with Gasteiger partial charge in [0.15, 0.2) is 0 Å². The molecule has 0 fully saturated rings. The Hall–Kier alpha value is -1.77. The Morgan fingerprint density at radius 2 is 2.07 bits per heavy atom. The predicted molar refractivity (Wildman–Crippen MR) is 53.8 cm³/mol. The maximum atomic E-state index is 10.2. The monoisotopic (exact) mass is 192 g/mol. The zero-order valence-corrected chi connectivity index (χ0v) is 8.19. The Morgan fingerprint density at radius 3 is 2.64 bits per heavy atom. The zero-order valence-electron chi connectivity index (χ0n) is 8.19. The Labute approximate surface area is 83.0 Å². The molecule has 0 aromatic heterocycles. The highest BCUT2D eigenvalue weighted by Gasteiger charge is 2.07. The Balaban J connectivity index is 3.09. The second-order valence-corrected chi connectivity index (χ2v) is 2.57. The molecule has 14 heavy (non-hydrogen) atoms. The molecule has 0 radical (unpaired) electrons. The standard InChI is InChI=1S/C11H12O3/c1-3-10(14-8-12)9-6-4-5-7-11(9)13-2/h3-8H,1-2H3/b10-3-. The molecule has 0 spiro atoms. The van der Waals surface area contributed by atoms with Crippen LogP contribution in [0.4, 0.5) is 0 Å². The van der Waals surface area contributed by atoms with Crippen molar-refractivity contribution in [2.75, 3.05) is 7.11 Å². The van der Waals surface area contributed by atoms with Crippen molar-refractivity contribution < 1.29 is 14.3 Å². The summed E-state index contributed by atoms with van der Waals surface area (Å²) >= 11 is 0. The van der Waals surface area contributed by atoms with Crippen molar-refractivity contribution in [1.29, 1.82) is 0 Å². The molecule has 0 aliphatic rings.